The summed E-state index contributed by atoms with van der Waals surface area (Å²) in [4.78, 5) is 12.5. The van der Waals surface area contributed by atoms with Crippen molar-refractivity contribution in [2.24, 2.45) is 7.05 Å². The Morgan fingerprint density at radius 3 is 2.68 bits per heavy atom. The van der Waals surface area contributed by atoms with Gasteiger partial charge in [0, 0.05) is 19.2 Å². The lowest BCUT2D eigenvalue weighted by molar-refractivity contribution is -0.115. The third-order valence-corrected chi connectivity index (χ3v) is 5.63. The van der Waals surface area contributed by atoms with Gasteiger partial charge in [-0.05, 0) is 30.7 Å². The Kier molecular flexibility index (Phi) is 6.59. The lowest BCUT2D eigenvalue weighted by Crippen LogP contribution is -2.22. The number of carbonyl (C=O) groups excluding carboxylic acids is 1. The molecule has 3 rings (SSSR count). The second-order valence-electron chi connectivity index (χ2n) is 6.22. The zero-order chi connectivity index (χ0) is 20.1. The fourth-order valence-corrected chi connectivity index (χ4v) is 3.67. The van der Waals surface area contributed by atoms with E-state index >= 15 is 0 Å². The molecule has 1 aromatic heterocycles. The number of hydrogen-bond acceptors (Lipinski definition) is 5. The third kappa shape index (κ3) is 4.85. The summed E-state index contributed by atoms with van der Waals surface area (Å²) in [5.74, 6) is 1.27. The first-order valence-corrected chi connectivity index (χ1v) is 9.97. The molecule has 1 heterocycles. The molecule has 0 aliphatic rings. The highest BCUT2D eigenvalue weighted by molar-refractivity contribution is 8.00. The largest absolute Gasteiger partial charge is 0.495 e. The van der Waals surface area contributed by atoms with E-state index in [1.54, 1.807) is 25.3 Å². The van der Waals surface area contributed by atoms with Crippen molar-refractivity contribution in [3.63, 3.8) is 0 Å². The van der Waals surface area contributed by atoms with Gasteiger partial charge in [-0.3, -0.25) is 4.79 Å². The van der Waals surface area contributed by atoms with Gasteiger partial charge < -0.3 is 14.6 Å². The number of halogens is 1. The third-order valence-electron chi connectivity index (χ3n) is 4.20. The van der Waals surface area contributed by atoms with Crippen LogP contribution in [0, 0.1) is 0 Å². The van der Waals surface area contributed by atoms with E-state index in [2.05, 4.69) is 27.6 Å². The minimum Gasteiger partial charge on any atom is -0.495 e. The maximum absolute atomic E-state index is 12.5. The molecule has 2 aromatic carbocycles. The lowest BCUT2D eigenvalue weighted by Gasteiger charge is -2.12. The molecule has 0 saturated heterocycles. The van der Waals surface area contributed by atoms with Crippen LogP contribution in [0.2, 0.25) is 5.02 Å². The fourth-order valence-electron chi connectivity index (χ4n) is 2.58. The highest BCUT2D eigenvalue weighted by atomic mass is 35.5. The number of amides is 1. The molecule has 0 fully saturated rings. The van der Waals surface area contributed by atoms with Crippen LogP contribution in [0.1, 0.15) is 18.3 Å². The van der Waals surface area contributed by atoms with Crippen molar-refractivity contribution >= 4 is 35.0 Å². The van der Waals surface area contributed by atoms with Crippen molar-refractivity contribution < 1.29 is 9.53 Å². The Morgan fingerprint density at radius 1 is 1.25 bits per heavy atom. The standard InChI is InChI=1S/C20H21ClN4O2S/c1-13(19(26)22-15-9-10-17(27-3)16(21)12-15)28-20-24-23-18(25(20)2)11-14-7-5-4-6-8-14/h4-10,12-13H,11H2,1-3H3,(H,22,26)/t13-/m1/s1. The van der Waals surface area contributed by atoms with E-state index in [4.69, 9.17) is 16.3 Å². The number of methoxy groups -OCH3 is 1. The van der Waals surface area contributed by atoms with Gasteiger partial charge in [-0.2, -0.15) is 0 Å². The molecule has 28 heavy (non-hydrogen) atoms. The second kappa shape index (κ2) is 9.12. The van der Waals surface area contributed by atoms with Crippen molar-refractivity contribution in [2.45, 2.75) is 23.8 Å². The fraction of sp³-hybridized carbons (Fsp3) is 0.250. The van der Waals surface area contributed by atoms with E-state index < -0.39 is 0 Å². The first kappa shape index (κ1) is 20.2. The van der Waals surface area contributed by atoms with E-state index in [1.165, 1.54) is 11.8 Å². The van der Waals surface area contributed by atoms with Crippen molar-refractivity contribution in [3.05, 3.63) is 64.9 Å². The van der Waals surface area contributed by atoms with Crippen molar-refractivity contribution in [3.8, 4) is 5.75 Å². The summed E-state index contributed by atoms with van der Waals surface area (Å²) in [5.41, 5.74) is 1.78. The quantitative estimate of drug-likeness (QED) is 0.585. The molecular weight excluding hydrogens is 396 g/mol. The molecule has 1 N–H and O–H groups in total. The van der Waals surface area contributed by atoms with Gasteiger partial charge in [0.25, 0.3) is 0 Å². The Labute approximate surface area is 173 Å². The molecule has 0 saturated carbocycles. The average Bonchev–Trinajstić information content (AvgIpc) is 3.02. The lowest BCUT2D eigenvalue weighted by atomic mass is 10.1. The zero-order valence-corrected chi connectivity index (χ0v) is 17.4. The first-order chi connectivity index (χ1) is 13.5. The van der Waals surface area contributed by atoms with Crippen LogP contribution in [-0.2, 0) is 18.3 Å². The van der Waals surface area contributed by atoms with Gasteiger partial charge in [0.2, 0.25) is 5.91 Å². The van der Waals surface area contributed by atoms with Crippen molar-refractivity contribution in [1.29, 1.82) is 0 Å². The minimum atomic E-state index is -0.353. The predicted octanol–water partition coefficient (Wildman–Crippen LogP) is 4.19. The van der Waals surface area contributed by atoms with Crippen LogP contribution in [0.25, 0.3) is 0 Å². The molecule has 1 amide bonds. The van der Waals surface area contributed by atoms with Gasteiger partial charge in [-0.25, -0.2) is 0 Å². The first-order valence-electron chi connectivity index (χ1n) is 8.71. The van der Waals surface area contributed by atoms with Crippen LogP contribution in [0.5, 0.6) is 5.75 Å². The van der Waals surface area contributed by atoms with E-state index in [0.717, 1.165) is 11.4 Å². The molecule has 146 valence electrons. The summed E-state index contributed by atoms with van der Waals surface area (Å²) in [5, 5.41) is 12.2. The summed E-state index contributed by atoms with van der Waals surface area (Å²) in [7, 11) is 3.46. The van der Waals surface area contributed by atoms with Crippen molar-refractivity contribution in [2.75, 3.05) is 12.4 Å². The molecule has 6 nitrogen and oxygen atoms in total. The molecule has 0 radical (unpaired) electrons. The number of thioether (sulfide) groups is 1. The number of carbonyl (C=O) groups is 1. The monoisotopic (exact) mass is 416 g/mol. The smallest absolute Gasteiger partial charge is 0.237 e. The Morgan fingerprint density at radius 2 is 2.00 bits per heavy atom. The van der Waals surface area contributed by atoms with E-state index in [1.807, 2.05) is 36.7 Å². The van der Waals surface area contributed by atoms with Crippen LogP contribution in [0.3, 0.4) is 0 Å². The molecule has 3 aromatic rings. The number of anilines is 1. The van der Waals surface area contributed by atoms with E-state index in [9.17, 15) is 4.79 Å². The highest BCUT2D eigenvalue weighted by Crippen LogP contribution is 2.28. The maximum atomic E-state index is 12.5. The predicted molar refractivity (Wildman–Crippen MR) is 112 cm³/mol. The highest BCUT2D eigenvalue weighted by Gasteiger charge is 2.19. The molecule has 0 bridgehead atoms. The van der Waals surface area contributed by atoms with Gasteiger partial charge in [-0.1, -0.05) is 53.7 Å². The molecule has 0 spiro atoms. The number of aromatic nitrogens is 3. The van der Waals surface area contributed by atoms with Crippen LogP contribution < -0.4 is 10.1 Å². The number of nitrogens with one attached hydrogen (secondary N) is 1. The number of rotatable bonds is 7. The van der Waals surface area contributed by atoms with Crippen LogP contribution in [0.4, 0.5) is 5.69 Å². The Bertz CT molecular complexity index is 962. The molecular formula is C20H21ClN4O2S. The molecule has 0 aliphatic heterocycles. The van der Waals surface area contributed by atoms with Crippen LogP contribution in [-0.4, -0.2) is 33.0 Å². The van der Waals surface area contributed by atoms with Gasteiger partial charge in [0.05, 0.1) is 17.4 Å². The summed E-state index contributed by atoms with van der Waals surface area (Å²) >= 11 is 7.47. The topological polar surface area (TPSA) is 69.0 Å². The maximum Gasteiger partial charge on any atom is 0.237 e. The van der Waals surface area contributed by atoms with Gasteiger partial charge >= 0.3 is 0 Å². The van der Waals surface area contributed by atoms with E-state index in [0.29, 0.717) is 28.0 Å². The molecule has 0 aliphatic carbocycles. The molecule has 8 heteroatoms. The van der Waals surface area contributed by atoms with Gasteiger partial charge in [0.15, 0.2) is 5.16 Å². The molecule has 0 unspecified atom stereocenters. The number of ether oxygens (including phenoxy) is 1. The summed E-state index contributed by atoms with van der Waals surface area (Å²) in [6.07, 6.45) is 0.690. The van der Waals surface area contributed by atoms with Gasteiger partial charge in [-0.15, -0.1) is 10.2 Å². The second-order valence-corrected chi connectivity index (χ2v) is 7.93. The summed E-state index contributed by atoms with van der Waals surface area (Å²) in [6.45, 7) is 1.83. The summed E-state index contributed by atoms with van der Waals surface area (Å²) < 4.78 is 7.05. The zero-order valence-electron chi connectivity index (χ0n) is 15.8. The van der Waals surface area contributed by atoms with Crippen molar-refractivity contribution in [1.82, 2.24) is 14.8 Å². The van der Waals surface area contributed by atoms with Gasteiger partial charge in [0.1, 0.15) is 11.6 Å². The SMILES string of the molecule is COc1ccc(NC(=O)[C@@H](C)Sc2nnc(Cc3ccccc3)n2C)cc1Cl. The Balaban J connectivity index is 1.63. The number of benzene rings is 2. The normalized spacial score (nSPS) is 11.9. The van der Waals surface area contributed by atoms with Crippen LogP contribution >= 0.6 is 23.4 Å². The van der Waals surface area contributed by atoms with Crippen LogP contribution in [0.15, 0.2) is 53.7 Å². The average molecular weight is 417 g/mol. The number of hydrogen-bond donors (Lipinski definition) is 1. The minimum absolute atomic E-state index is 0.140. The van der Waals surface area contributed by atoms with E-state index in [-0.39, 0.29) is 11.2 Å². The number of nitrogens with zero attached hydrogens (tertiary/aromatic N) is 3. The Hall–Kier alpha value is -2.51. The molecule has 1 atom stereocenters. The summed E-state index contributed by atoms with van der Waals surface area (Å²) in [6, 6.07) is 15.2.